The van der Waals surface area contributed by atoms with Crippen LogP contribution in [0.2, 0.25) is 0 Å². The first-order valence-electron chi connectivity index (χ1n) is 11.5. The lowest BCUT2D eigenvalue weighted by Gasteiger charge is -2.27. The molecule has 3 aromatic rings. The third-order valence-electron chi connectivity index (χ3n) is 6.25. The normalized spacial score (nSPS) is 13.5. The average Bonchev–Trinajstić information content (AvgIpc) is 3.20. The molecule has 0 radical (unpaired) electrons. The van der Waals surface area contributed by atoms with Gasteiger partial charge in [0.25, 0.3) is 5.91 Å². The summed E-state index contributed by atoms with van der Waals surface area (Å²) in [5, 5.41) is 26.0. The molecule has 2 aromatic heterocycles. The number of carbonyl (C=O) groups excluding carboxylic acids is 1. The Kier molecular flexibility index (Phi) is 8.45. The molecule has 0 bridgehead atoms. The fourth-order valence-electron chi connectivity index (χ4n) is 3.48. The van der Waals surface area contributed by atoms with Gasteiger partial charge in [0, 0.05) is 35.7 Å². The van der Waals surface area contributed by atoms with Crippen LogP contribution in [0, 0.1) is 18.6 Å². The molecule has 2 heterocycles. The topological polar surface area (TPSA) is 121 Å². The second kappa shape index (κ2) is 11.0. The number of rotatable bonds is 10. The van der Waals surface area contributed by atoms with E-state index in [0.29, 0.717) is 22.9 Å². The third kappa shape index (κ3) is 6.25. The van der Waals surface area contributed by atoms with E-state index in [1.807, 2.05) is 19.9 Å². The van der Waals surface area contributed by atoms with Crippen molar-refractivity contribution in [3.05, 3.63) is 64.4 Å². The van der Waals surface area contributed by atoms with E-state index in [2.05, 4.69) is 15.6 Å². The Balaban J connectivity index is 1.88. The molecule has 7 nitrogen and oxygen atoms in total. The summed E-state index contributed by atoms with van der Waals surface area (Å²) in [4.78, 5) is 16.8. The van der Waals surface area contributed by atoms with Gasteiger partial charge in [-0.05, 0) is 63.1 Å². The molecule has 10 heteroatoms. The van der Waals surface area contributed by atoms with Gasteiger partial charge in [-0.3, -0.25) is 4.79 Å². The summed E-state index contributed by atoms with van der Waals surface area (Å²) < 4.78 is 29.8. The zero-order valence-electron chi connectivity index (χ0n) is 20.9. The van der Waals surface area contributed by atoms with Gasteiger partial charge in [0.1, 0.15) is 22.5 Å². The van der Waals surface area contributed by atoms with Gasteiger partial charge in [0.15, 0.2) is 0 Å². The Hall–Kier alpha value is -2.92. The molecule has 0 saturated carbocycles. The van der Waals surface area contributed by atoms with Crippen molar-refractivity contribution in [2.45, 2.75) is 58.7 Å². The van der Waals surface area contributed by atoms with Crippen LogP contribution in [0.1, 0.15) is 60.8 Å². The summed E-state index contributed by atoms with van der Waals surface area (Å²) in [7, 11) is 0. The van der Waals surface area contributed by atoms with Crippen LogP contribution in [0.15, 0.2) is 30.3 Å². The van der Waals surface area contributed by atoms with Crippen LogP contribution in [0.3, 0.4) is 0 Å². The highest BCUT2D eigenvalue weighted by Gasteiger charge is 2.23. The molecular weight excluding hydrogens is 486 g/mol. The van der Waals surface area contributed by atoms with Gasteiger partial charge >= 0.3 is 0 Å². The Morgan fingerprint density at radius 1 is 1.19 bits per heavy atom. The van der Waals surface area contributed by atoms with Crippen LogP contribution in [0.4, 0.5) is 19.6 Å². The first kappa shape index (κ1) is 27.7. The Morgan fingerprint density at radius 2 is 1.83 bits per heavy atom. The number of nitrogens with two attached hydrogens (primary N) is 1. The van der Waals surface area contributed by atoms with Crippen LogP contribution < -0.4 is 16.4 Å². The lowest BCUT2D eigenvalue weighted by Crippen LogP contribution is -2.44. The van der Waals surface area contributed by atoms with Gasteiger partial charge in [-0.15, -0.1) is 11.3 Å². The van der Waals surface area contributed by atoms with Crippen molar-refractivity contribution in [1.29, 1.82) is 0 Å². The number of hydrogen-bond acceptors (Lipinski definition) is 7. The van der Waals surface area contributed by atoms with Crippen molar-refractivity contribution in [1.82, 2.24) is 10.3 Å². The summed E-state index contributed by atoms with van der Waals surface area (Å²) >= 11 is 0.990. The van der Waals surface area contributed by atoms with Crippen LogP contribution in [0.5, 0.6) is 0 Å². The third-order valence-corrected chi connectivity index (χ3v) is 7.31. The summed E-state index contributed by atoms with van der Waals surface area (Å²) in [6.07, 6.45) is 0. The van der Waals surface area contributed by atoms with Gasteiger partial charge in [-0.25, -0.2) is 13.8 Å². The molecule has 36 heavy (non-hydrogen) atoms. The fraction of sp³-hybridized carbons (Fsp3) is 0.385. The number of benzene rings is 1. The van der Waals surface area contributed by atoms with Crippen LogP contribution in [-0.2, 0) is 6.54 Å². The minimum atomic E-state index is -0.874. The van der Waals surface area contributed by atoms with Gasteiger partial charge in [-0.2, -0.15) is 0 Å². The number of nitrogens with one attached hydrogen (secondary N) is 2. The number of nitrogens with zero attached hydrogens (tertiary/aromatic N) is 1. The Bertz CT molecular complexity index is 1230. The molecule has 0 saturated heterocycles. The van der Waals surface area contributed by atoms with E-state index in [1.165, 1.54) is 18.2 Å². The average molecular weight is 519 g/mol. The van der Waals surface area contributed by atoms with E-state index in [9.17, 15) is 23.8 Å². The number of aromatic nitrogens is 1. The monoisotopic (exact) mass is 518 g/mol. The Morgan fingerprint density at radius 3 is 2.36 bits per heavy atom. The van der Waals surface area contributed by atoms with Crippen molar-refractivity contribution < 1.29 is 23.8 Å². The van der Waals surface area contributed by atoms with Gasteiger partial charge in [-0.1, -0.05) is 13.0 Å². The molecule has 0 aliphatic carbocycles. The number of hydrogen-bond donors (Lipinski definition) is 5. The molecular formula is C26H32F2N4O3S. The summed E-state index contributed by atoms with van der Waals surface area (Å²) in [5.74, 6) is -2.31. The van der Waals surface area contributed by atoms with Gasteiger partial charge in [0.05, 0.1) is 16.7 Å². The lowest BCUT2D eigenvalue weighted by atomic mass is 9.99. The van der Waals surface area contributed by atoms with Gasteiger partial charge < -0.3 is 26.6 Å². The van der Waals surface area contributed by atoms with Gasteiger partial charge in [0.2, 0.25) is 0 Å². The maximum atomic E-state index is 14.9. The molecule has 2 unspecified atom stereocenters. The van der Waals surface area contributed by atoms with Crippen molar-refractivity contribution in [3.8, 4) is 10.4 Å². The van der Waals surface area contributed by atoms with E-state index in [0.717, 1.165) is 22.6 Å². The van der Waals surface area contributed by atoms with E-state index in [-0.39, 0.29) is 28.7 Å². The fourth-order valence-corrected chi connectivity index (χ4v) is 4.60. The van der Waals surface area contributed by atoms with E-state index < -0.39 is 29.1 Å². The number of pyridine rings is 1. The van der Waals surface area contributed by atoms with Crippen LogP contribution in [-0.4, -0.2) is 39.4 Å². The molecule has 0 aliphatic rings. The zero-order valence-corrected chi connectivity index (χ0v) is 21.8. The summed E-state index contributed by atoms with van der Waals surface area (Å²) in [6.45, 7) is 9.12. The SMILES string of the molecule is Cc1nc(Nc2sc(-c3c(F)cc(C(C)CO)cc3F)cc2C(N)=O)ccc1CNC(C)C(C)(C)O. The second-order valence-electron chi connectivity index (χ2n) is 9.48. The number of thiophene rings is 1. The number of aliphatic hydroxyl groups is 2. The number of carbonyl (C=O) groups is 1. The number of aliphatic hydroxyl groups excluding tert-OH is 1. The predicted molar refractivity (Wildman–Crippen MR) is 139 cm³/mol. The standard InChI is InChI=1S/C26H32F2N4O3S/c1-13(12-33)17-8-19(27)23(20(28)9-17)21-10-18(24(29)34)25(36-21)32-22-7-6-16(14(2)31-22)11-30-15(3)26(4,5)35/h6-10,13,15,30,33,35H,11-12H2,1-5H3,(H2,29,34)(H,31,32). The number of primary amides is 1. The highest BCUT2D eigenvalue weighted by Crippen LogP contribution is 2.40. The molecule has 6 N–H and O–H groups in total. The van der Waals surface area contributed by atoms with E-state index >= 15 is 0 Å². The molecule has 2 atom stereocenters. The minimum absolute atomic E-state index is 0.0887. The second-order valence-corrected chi connectivity index (χ2v) is 10.5. The quantitative estimate of drug-likeness (QED) is 0.268. The molecule has 3 rings (SSSR count). The van der Waals surface area contributed by atoms with Crippen molar-refractivity contribution in [2.24, 2.45) is 5.73 Å². The lowest BCUT2D eigenvalue weighted by molar-refractivity contribution is 0.0437. The molecule has 0 fully saturated rings. The maximum Gasteiger partial charge on any atom is 0.251 e. The molecule has 0 aliphatic heterocycles. The largest absolute Gasteiger partial charge is 0.396 e. The predicted octanol–water partition coefficient (Wildman–Crippen LogP) is 4.58. The zero-order chi connectivity index (χ0) is 26.8. The van der Waals surface area contributed by atoms with Crippen molar-refractivity contribution >= 4 is 28.1 Å². The first-order chi connectivity index (χ1) is 16.8. The highest BCUT2D eigenvalue weighted by molar-refractivity contribution is 7.20. The molecule has 194 valence electrons. The molecule has 1 amide bonds. The van der Waals surface area contributed by atoms with Crippen molar-refractivity contribution in [3.63, 3.8) is 0 Å². The number of aryl methyl sites for hydroxylation is 1. The molecule has 1 aromatic carbocycles. The summed E-state index contributed by atoms with van der Waals surface area (Å²) in [6, 6.07) is 7.19. The van der Waals surface area contributed by atoms with E-state index in [1.54, 1.807) is 26.8 Å². The highest BCUT2D eigenvalue weighted by atomic mass is 32.1. The number of halogens is 2. The van der Waals surface area contributed by atoms with Crippen LogP contribution in [0.25, 0.3) is 10.4 Å². The molecule has 0 spiro atoms. The maximum absolute atomic E-state index is 14.9. The Labute approximate surface area is 213 Å². The first-order valence-corrected chi connectivity index (χ1v) is 12.4. The smallest absolute Gasteiger partial charge is 0.251 e. The summed E-state index contributed by atoms with van der Waals surface area (Å²) in [5.41, 5.74) is 6.49. The number of amides is 1. The number of anilines is 2. The minimum Gasteiger partial charge on any atom is -0.396 e. The van der Waals surface area contributed by atoms with Crippen molar-refractivity contribution in [2.75, 3.05) is 11.9 Å². The van der Waals surface area contributed by atoms with Crippen LogP contribution >= 0.6 is 11.3 Å². The van der Waals surface area contributed by atoms with E-state index in [4.69, 9.17) is 5.73 Å².